The number of carbonyl (C=O) groups excluding carboxylic acids is 1. The molecule has 3 heteroatoms. The Labute approximate surface area is 88.1 Å². The first-order valence-corrected chi connectivity index (χ1v) is 5.42. The molecule has 0 aromatic heterocycles. The Hall–Kier alpha value is -0.960. The predicted octanol–water partition coefficient (Wildman–Crippen LogP) is 2.82. The highest BCUT2D eigenvalue weighted by atomic mass is 32.2. The number of amides is 1. The molecule has 2 nitrogen and oxygen atoms in total. The minimum Gasteiger partial charge on any atom is -0.324 e. The molecule has 1 amide bonds. The van der Waals surface area contributed by atoms with Crippen molar-refractivity contribution in [3.8, 4) is 0 Å². The van der Waals surface area contributed by atoms with Crippen LogP contribution in [0.4, 0.5) is 5.69 Å². The van der Waals surface area contributed by atoms with Crippen LogP contribution >= 0.6 is 11.8 Å². The maximum absolute atomic E-state index is 11.7. The van der Waals surface area contributed by atoms with Crippen LogP contribution in [0.15, 0.2) is 23.1 Å². The largest absolute Gasteiger partial charge is 0.324 e. The summed E-state index contributed by atoms with van der Waals surface area (Å²) in [5.74, 6) is 0.0873. The van der Waals surface area contributed by atoms with Crippen molar-refractivity contribution < 1.29 is 4.79 Å². The van der Waals surface area contributed by atoms with Gasteiger partial charge in [-0.1, -0.05) is 12.1 Å². The first-order chi connectivity index (χ1) is 6.50. The third-order valence-corrected chi connectivity index (χ3v) is 3.64. The van der Waals surface area contributed by atoms with E-state index in [2.05, 4.69) is 5.32 Å². The van der Waals surface area contributed by atoms with Gasteiger partial charge in [0.25, 0.3) is 0 Å². The SMILES string of the molecule is Cc1cccc2c1NC(=O)C(C)(C)S2. The van der Waals surface area contributed by atoms with Crippen LogP contribution in [-0.2, 0) is 4.79 Å². The second-order valence-electron chi connectivity index (χ2n) is 4.01. The number of rotatable bonds is 0. The lowest BCUT2D eigenvalue weighted by Crippen LogP contribution is -2.37. The maximum atomic E-state index is 11.7. The van der Waals surface area contributed by atoms with Gasteiger partial charge in [0.2, 0.25) is 5.91 Å². The second kappa shape index (κ2) is 3.02. The highest BCUT2D eigenvalue weighted by Gasteiger charge is 2.34. The van der Waals surface area contributed by atoms with Gasteiger partial charge in [0.1, 0.15) is 0 Å². The summed E-state index contributed by atoms with van der Waals surface area (Å²) in [5, 5.41) is 2.96. The maximum Gasteiger partial charge on any atom is 0.240 e. The van der Waals surface area contributed by atoms with Crippen molar-refractivity contribution in [1.29, 1.82) is 0 Å². The molecule has 0 fully saturated rings. The second-order valence-corrected chi connectivity index (χ2v) is 5.68. The molecule has 2 rings (SSSR count). The molecule has 1 aliphatic heterocycles. The molecule has 74 valence electrons. The fourth-order valence-electron chi connectivity index (χ4n) is 1.47. The van der Waals surface area contributed by atoms with Crippen molar-refractivity contribution in [3.05, 3.63) is 23.8 Å². The Morgan fingerprint density at radius 2 is 2.07 bits per heavy atom. The van der Waals surface area contributed by atoms with E-state index >= 15 is 0 Å². The third-order valence-electron chi connectivity index (χ3n) is 2.39. The number of aryl methyl sites for hydroxylation is 1. The average Bonchev–Trinajstić information content (AvgIpc) is 2.08. The summed E-state index contributed by atoms with van der Waals surface area (Å²) < 4.78 is -0.360. The zero-order valence-electron chi connectivity index (χ0n) is 8.55. The Morgan fingerprint density at radius 1 is 1.36 bits per heavy atom. The molecule has 1 N–H and O–H groups in total. The Kier molecular flexibility index (Phi) is 2.07. The van der Waals surface area contributed by atoms with Crippen molar-refractivity contribution in [3.63, 3.8) is 0 Å². The molecule has 1 aromatic rings. The number of hydrogen-bond donors (Lipinski definition) is 1. The lowest BCUT2D eigenvalue weighted by molar-refractivity contribution is -0.117. The van der Waals surface area contributed by atoms with Gasteiger partial charge in [-0.05, 0) is 32.4 Å². The summed E-state index contributed by atoms with van der Waals surface area (Å²) >= 11 is 1.62. The molecule has 1 heterocycles. The molecule has 14 heavy (non-hydrogen) atoms. The minimum absolute atomic E-state index is 0.0873. The number of fused-ring (bicyclic) bond motifs is 1. The number of para-hydroxylation sites is 1. The molecule has 0 saturated heterocycles. The van der Waals surface area contributed by atoms with Gasteiger partial charge >= 0.3 is 0 Å². The molecule has 0 saturated carbocycles. The Bertz CT molecular complexity index is 398. The van der Waals surface area contributed by atoms with Crippen LogP contribution in [0, 0.1) is 6.92 Å². The van der Waals surface area contributed by atoms with E-state index in [-0.39, 0.29) is 10.7 Å². The molecular formula is C11H13NOS. The van der Waals surface area contributed by atoms with E-state index in [0.717, 1.165) is 16.1 Å². The van der Waals surface area contributed by atoms with Gasteiger partial charge in [0.05, 0.1) is 10.4 Å². The summed E-state index contributed by atoms with van der Waals surface area (Å²) in [6.45, 7) is 5.90. The van der Waals surface area contributed by atoms with Crippen molar-refractivity contribution in [2.24, 2.45) is 0 Å². The first-order valence-electron chi connectivity index (χ1n) is 4.61. The van der Waals surface area contributed by atoms with Crippen LogP contribution in [0.5, 0.6) is 0 Å². The van der Waals surface area contributed by atoms with E-state index in [9.17, 15) is 4.79 Å². The van der Waals surface area contributed by atoms with Gasteiger partial charge in [-0.3, -0.25) is 4.79 Å². The third kappa shape index (κ3) is 1.42. The van der Waals surface area contributed by atoms with Gasteiger partial charge in [0.15, 0.2) is 0 Å². The van der Waals surface area contributed by atoms with Gasteiger partial charge in [-0.25, -0.2) is 0 Å². The zero-order chi connectivity index (χ0) is 10.3. The molecule has 1 aromatic carbocycles. The van der Waals surface area contributed by atoms with Gasteiger partial charge < -0.3 is 5.32 Å². The van der Waals surface area contributed by atoms with Crippen LogP contribution in [-0.4, -0.2) is 10.7 Å². The molecule has 0 bridgehead atoms. The summed E-state index contributed by atoms with van der Waals surface area (Å²) in [5.41, 5.74) is 2.10. The quantitative estimate of drug-likeness (QED) is 0.708. The monoisotopic (exact) mass is 207 g/mol. The van der Waals surface area contributed by atoms with Crippen LogP contribution in [0.2, 0.25) is 0 Å². The molecular weight excluding hydrogens is 194 g/mol. The van der Waals surface area contributed by atoms with Crippen molar-refractivity contribution in [2.75, 3.05) is 5.32 Å². The van der Waals surface area contributed by atoms with E-state index in [1.54, 1.807) is 11.8 Å². The topological polar surface area (TPSA) is 29.1 Å². The van der Waals surface area contributed by atoms with Crippen molar-refractivity contribution in [1.82, 2.24) is 0 Å². The van der Waals surface area contributed by atoms with Gasteiger partial charge in [-0.15, -0.1) is 11.8 Å². The van der Waals surface area contributed by atoms with Crippen LogP contribution in [0.25, 0.3) is 0 Å². The molecule has 0 spiro atoms. The van der Waals surface area contributed by atoms with E-state index < -0.39 is 0 Å². The normalized spacial score (nSPS) is 18.6. The number of carbonyl (C=O) groups is 1. The fourth-order valence-corrected chi connectivity index (χ4v) is 2.63. The van der Waals surface area contributed by atoms with E-state index in [1.807, 2.05) is 39.0 Å². The highest BCUT2D eigenvalue weighted by Crippen LogP contribution is 2.43. The van der Waals surface area contributed by atoms with E-state index in [1.165, 1.54) is 0 Å². The number of anilines is 1. The summed E-state index contributed by atoms with van der Waals surface area (Å²) in [6, 6.07) is 6.08. The Balaban J connectivity index is 2.51. The number of benzene rings is 1. The summed E-state index contributed by atoms with van der Waals surface area (Å²) in [6.07, 6.45) is 0. The lowest BCUT2D eigenvalue weighted by atomic mass is 10.1. The lowest BCUT2D eigenvalue weighted by Gasteiger charge is -2.30. The highest BCUT2D eigenvalue weighted by molar-refractivity contribution is 8.01. The van der Waals surface area contributed by atoms with Crippen LogP contribution < -0.4 is 5.32 Å². The number of nitrogens with one attached hydrogen (secondary N) is 1. The van der Waals surface area contributed by atoms with Crippen LogP contribution in [0.3, 0.4) is 0 Å². The minimum atomic E-state index is -0.360. The van der Waals surface area contributed by atoms with Crippen molar-refractivity contribution >= 4 is 23.4 Å². The summed E-state index contributed by atoms with van der Waals surface area (Å²) in [7, 11) is 0. The zero-order valence-corrected chi connectivity index (χ0v) is 9.37. The fraction of sp³-hybridized carbons (Fsp3) is 0.364. The molecule has 0 aliphatic carbocycles. The smallest absolute Gasteiger partial charge is 0.240 e. The van der Waals surface area contributed by atoms with Crippen molar-refractivity contribution in [2.45, 2.75) is 30.4 Å². The molecule has 1 aliphatic rings. The van der Waals surface area contributed by atoms with E-state index in [0.29, 0.717) is 0 Å². The average molecular weight is 207 g/mol. The first kappa shape index (κ1) is 9.59. The predicted molar refractivity (Wildman–Crippen MR) is 59.7 cm³/mol. The number of thioether (sulfide) groups is 1. The standard InChI is InChI=1S/C11H13NOS/c1-7-5-4-6-8-9(7)12-10(13)11(2,3)14-8/h4-6H,1-3H3,(H,12,13). The van der Waals surface area contributed by atoms with Gasteiger partial charge in [0, 0.05) is 4.90 Å². The molecule has 0 radical (unpaired) electrons. The Morgan fingerprint density at radius 3 is 2.79 bits per heavy atom. The van der Waals surface area contributed by atoms with E-state index in [4.69, 9.17) is 0 Å². The molecule has 0 atom stereocenters. The number of hydrogen-bond acceptors (Lipinski definition) is 2. The van der Waals surface area contributed by atoms with Crippen LogP contribution in [0.1, 0.15) is 19.4 Å². The summed E-state index contributed by atoms with van der Waals surface area (Å²) in [4.78, 5) is 12.9. The van der Waals surface area contributed by atoms with Gasteiger partial charge in [-0.2, -0.15) is 0 Å². The molecule has 0 unspecified atom stereocenters.